The topological polar surface area (TPSA) is 71.1 Å². The van der Waals surface area contributed by atoms with Crippen molar-refractivity contribution in [1.29, 1.82) is 0 Å². The molecule has 1 heterocycles. The standard InChI is InChI=1S/C14H17N3O2S/c1-2-20(18,19)17-14-7-5-13(6-8-14)16-11-12-4-3-9-15-10-12/h3-10,16-17H,2,11H2,1H3. The summed E-state index contributed by atoms with van der Waals surface area (Å²) in [6.45, 7) is 2.28. The zero-order valence-electron chi connectivity index (χ0n) is 11.2. The van der Waals surface area contributed by atoms with Crippen molar-refractivity contribution in [1.82, 2.24) is 4.98 Å². The number of nitrogens with one attached hydrogen (secondary N) is 2. The van der Waals surface area contributed by atoms with Crippen LogP contribution >= 0.6 is 0 Å². The van der Waals surface area contributed by atoms with E-state index in [1.54, 1.807) is 31.5 Å². The highest BCUT2D eigenvalue weighted by molar-refractivity contribution is 7.92. The van der Waals surface area contributed by atoms with Crippen LogP contribution in [0.4, 0.5) is 11.4 Å². The molecule has 0 saturated heterocycles. The monoisotopic (exact) mass is 291 g/mol. The fourth-order valence-corrected chi connectivity index (χ4v) is 2.25. The van der Waals surface area contributed by atoms with Gasteiger partial charge in [-0.3, -0.25) is 9.71 Å². The quantitative estimate of drug-likeness (QED) is 0.857. The minimum atomic E-state index is -3.22. The summed E-state index contributed by atoms with van der Waals surface area (Å²) in [6.07, 6.45) is 3.54. The number of benzene rings is 1. The third-order valence-electron chi connectivity index (χ3n) is 2.76. The van der Waals surface area contributed by atoms with Crippen LogP contribution in [0.3, 0.4) is 0 Å². The fourth-order valence-electron chi connectivity index (χ4n) is 1.61. The molecule has 106 valence electrons. The maximum Gasteiger partial charge on any atom is 0.232 e. The summed E-state index contributed by atoms with van der Waals surface area (Å²) in [5.41, 5.74) is 2.58. The van der Waals surface area contributed by atoms with E-state index in [-0.39, 0.29) is 5.75 Å². The summed E-state index contributed by atoms with van der Waals surface area (Å²) in [7, 11) is -3.22. The molecule has 0 saturated carbocycles. The Morgan fingerprint density at radius 2 is 1.80 bits per heavy atom. The highest BCUT2D eigenvalue weighted by Gasteiger charge is 2.05. The van der Waals surface area contributed by atoms with E-state index in [1.165, 1.54) is 0 Å². The van der Waals surface area contributed by atoms with E-state index < -0.39 is 10.0 Å². The van der Waals surface area contributed by atoms with Crippen molar-refractivity contribution >= 4 is 21.4 Å². The Morgan fingerprint density at radius 3 is 2.40 bits per heavy atom. The predicted octanol–water partition coefficient (Wildman–Crippen LogP) is 2.46. The van der Waals surface area contributed by atoms with Gasteiger partial charge in [0.15, 0.2) is 0 Å². The van der Waals surface area contributed by atoms with Crippen LogP contribution in [0.25, 0.3) is 0 Å². The Morgan fingerprint density at radius 1 is 1.10 bits per heavy atom. The second-order valence-corrected chi connectivity index (χ2v) is 6.31. The lowest BCUT2D eigenvalue weighted by Gasteiger charge is -2.09. The zero-order chi connectivity index (χ0) is 14.4. The molecule has 0 radical (unpaired) electrons. The van der Waals surface area contributed by atoms with Gasteiger partial charge in [-0.25, -0.2) is 8.42 Å². The maximum absolute atomic E-state index is 11.4. The van der Waals surface area contributed by atoms with Crippen molar-refractivity contribution in [2.75, 3.05) is 15.8 Å². The number of nitrogens with zero attached hydrogens (tertiary/aromatic N) is 1. The van der Waals surface area contributed by atoms with E-state index in [2.05, 4.69) is 15.0 Å². The Bertz CT molecular complexity index is 640. The van der Waals surface area contributed by atoms with Crippen molar-refractivity contribution in [3.63, 3.8) is 0 Å². The molecule has 0 unspecified atom stereocenters. The second kappa shape index (κ2) is 6.38. The van der Waals surface area contributed by atoms with E-state index in [1.807, 2.05) is 24.3 Å². The molecular weight excluding hydrogens is 274 g/mol. The Balaban J connectivity index is 1.95. The minimum Gasteiger partial charge on any atom is -0.381 e. The van der Waals surface area contributed by atoms with Gasteiger partial charge < -0.3 is 5.32 Å². The van der Waals surface area contributed by atoms with Crippen LogP contribution < -0.4 is 10.0 Å². The molecule has 0 aliphatic carbocycles. The summed E-state index contributed by atoms with van der Waals surface area (Å²) >= 11 is 0. The van der Waals surface area contributed by atoms with E-state index in [9.17, 15) is 8.42 Å². The van der Waals surface area contributed by atoms with Gasteiger partial charge in [0.05, 0.1) is 5.75 Å². The molecule has 2 rings (SSSR count). The average Bonchev–Trinajstić information content (AvgIpc) is 2.47. The second-order valence-electron chi connectivity index (χ2n) is 4.30. The molecule has 0 bridgehead atoms. The molecule has 0 fully saturated rings. The Kier molecular flexibility index (Phi) is 4.57. The number of anilines is 2. The number of sulfonamides is 1. The van der Waals surface area contributed by atoms with Gasteiger partial charge in [0.1, 0.15) is 0 Å². The molecule has 1 aromatic carbocycles. The van der Waals surface area contributed by atoms with Gasteiger partial charge in [-0.1, -0.05) is 6.07 Å². The van der Waals surface area contributed by atoms with Gasteiger partial charge in [0.25, 0.3) is 0 Å². The van der Waals surface area contributed by atoms with Crippen molar-refractivity contribution < 1.29 is 8.42 Å². The number of rotatable bonds is 6. The molecule has 0 aliphatic rings. The van der Waals surface area contributed by atoms with Gasteiger partial charge >= 0.3 is 0 Å². The predicted molar refractivity (Wildman–Crippen MR) is 81.1 cm³/mol. The number of hydrogen-bond acceptors (Lipinski definition) is 4. The van der Waals surface area contributed by atoms with Crippen LogP contribution in [0.15, 0.2) is 48.8 Å². The summed E-state index contributed by atoms with van der Waals surface area (Å²) in [4.78, 5) is 4.04. The van der Waals surface area contributed by atoms with Crippen LogP contribution in [-0.4, -0.2) is 19.2 Å². The van der Waals surface area contributed by atoms with Gasteiger partial charge in [0, 0.05) is 30.3 Å². The largest absolute Gasteiger partial charge is 0.381 e. The third-order valence-corrected chi connectivity index (χ3v) is 4.06. The first-order valence-electron chi connectivity index (χ1n) is 6.32. The van der Waals surface area contributed by atoms with E-state index >= 15 is 0 Å². The molecular formula is C14H17N3O2S. The molecule has 20 heavy (non-hydrogen) atoms. The van der Waals surface area contributed by atoms with Crippen LogP contribution in [-0.2, 0) is 16.6 Å². The molecule has 5 nitrogen and oxygen atoms in total. The lowest BCUT2D eigenvalue weighted by molar-refractivity contribution is 0.602. The van der Waals surface area contributed by atoms with Crippen molar-refractivity contribution in [2.45, 2.75) is 13.5 Å². The van der Waals surface area contributed by atoms with Gasteiger partial charge in [-0.15, -0.1) is 0 Å². The molecule has 6 heteroatoms. The molecule has 2 N–H and O–H groups in total. The maximum atomic E-state index is 11.4. The van der Waals surface area contributed by atoms with E-state index in [4.69, 9.17) is 0 Å². The van der Waals surface area contributed by atoms with Crippen LogP contribution in [0.1, 0.15) is 12.5 Å². The zero-order valence-corrected chi connectivity index (χ0v) is 12.0. The third kappa shape index (κ3) is 4.24. The molecule has 0 aliphatic heterocycles. The van der Waals surface area contributed by atoms with Crippen molar-refractivity contribution in [3.05, 3.63) is 54.4 Å². The molecule has 2 aromatic rings. The normalized spacial score (nSPS) is 11.1. The van der Waals surface area contributed by atoms with Crippen molar-refractivity contribution in [3.8, 4) is 0 Å². The molecule has 0 spiro atoms. The van der Waals surface area contributed by atoms with Crippen LogP contribution in [0.5, 0.6) is 0 Å². The first-order chi connectivity index (χ1) is 9.59. The first kappa shape index (κ1) is 14.3. The lowest BCUT2D eigenvalue weighted by Crippen LogP contribution is -2.14. The van der Waals surface area contributed by atoms with E-state index in [0.29, 0.717) is 12.2 Å². The summed E-state index contributed by atoms with van der Waals surface area (Å²) in [5.74, 6) is 0.0635. The highest BCUT2D eigenvalue weighted by atomic mass is 32.2. The first-order valence-corrected chi connectivity index (χ1v) is 7.97. The summed E-state index contributed by atoms with van der Waals surface area (Å²) in [6, 6.07) is 11.0. The van der Waals surface area contributed by atoms with Gasteiger partial charge in [-0.2, -0.15) is 0 Å². The molecule has 0 amide bonds. The Labute approximate surface area is 119 Å². The number of hydrogen-bond donors (Lipinski definition) is 2. The highest BCUT2D eigenvalue weighted by Crippen LogP contribution is 2.15. The fraction of sp³-hybridized carbons (Fsp3) is 0.214. The smallest absolute Gasteiger partial charge is 0.232 e. The molecule has 0 atom stereocenters. The van der Waals surface area contributed by atoms with E-state index in [0.717, 1.165) is 11.3 Å². The SMILES string of the molecule is CCS(=O)(=O)Nc1ccc(NCc2cccnc2)cc1. The summed E-state index contributed by atoms with van der Waals surface area (Å²) in [5, 5.41) is 3.25. The minimum absolute atomic E-state index is 0.0635. The summed E-state index contributed by atoms with van der Waals surface area (Å²) < 4.78 is 25.4. The van der Waals surface area contributed by atoms with Crippen LogP contribution in [0, 0.1) is 0 Å². The van der Waals surface area contributed by atoms with Gasteiger partial charge in [-0.05, 0) is 42.8 Å². The van der Waals surface area contributed by atoms with Crippen molar-refractivity contribution in [2.24, 2.45) is 0 Å². The number of aromatic nitrogens is 1. The molecule has 1 aromatic heterocycles. The lowest BCUT2D eigenvalue weighted by atomic mass is 10.2. The Hall–Kier alpha value is -2.08. The number of pyridine rings is 1. The van der Waals surface area contributed by atoms with Gasteiger partial charge in [0.2, 0.25) is 10.0 Å². The van der Waals surface area contributed by atoms with Crippen LogP contribution in [0.2, 0.25) is 0 Å². The average molecular weight is 291 g/mol.